The van der Waals surface area contributed by atoms with Gasteiger partial charge < -0.3 is 10.2 Å². The molecule has 0 spiro atoms. The van der Waals surface area contributed by atoms with Crippen molar-refractivity contribution in [3.63, 3.8) is 0 Å². The molecule has 0 aromatic carbocycles. The van der Waals surface area contributed by atoms with Gasteiger partial charge >= 0.3 is 0 Å². The lowest BCUT2D eigenvalue weighted by atomic mass is 10.0. The Bertz CT molecular complexity index is 946. The van der Waals surface area contributed by atoms with E-state index in [0.29, 0.717) is 17.2 Å². The number of anilines is 2. The molecule has 1 saturated heterocycles. The SMILES string of the molecule is Cc1cncc(C(=O)N2CCCC2c2ccnc(Nc3cnccn3)c2)c1. The highest BCUT2D eigenvalue weighted by Crippen LogP contribution is 2.34. The quantitative estimate of drug-likeness (QED) is 0.768. The molecule has 3 aromatic heterocycles. The number of amides is 1. The van der Waals surface area contributed by atoms with Crippen LogP contribution in [0.25, 0.3) is 0 Å². The van der Waals surface area contributed by atoms with Crippen molar-refractivity contribution >= 4 is 17.5 Å². The van der Waals surface area contributed by atoms with Gasteiger partial charge in [0.05, 0.1) is 17.8 Å². The van der Waals surface area contributed by atoms with Crippen molar-refractivity contribution in [2.24, 2.45) is 0 Å². The second kappa shape index (κ2) is 7.49. The summed E-state index contributed by atoms with van der Waals surface area (Å²) in [5.41, 5.74) is 2.67. The van der Waals surface area contributed by atoms with Crippen molar-refractivity contribution in [3.05, 3.63) is 72.1 Å². The smallest absolute Gasteiger partial charge is 0.255 e. The van der Waals surface area contributed by atoms with Crippen LogP contribution in [0.3, 0.4) is 0 Å². The molecule has 4 heterocycles. The first-order valence-electron chi connectivity index (χ1n) is 8.92. The fourth-order valence-corrected chi connectivity index (χ4v) is 3.41. The topological polar surface area (TPSA) is 83.9 Å². The van der Waals surface area contributed by atoms with Crippen LogP contribution in [0.5, 0.6) is 0 Å². The Hall–Kier alpha value is -3.35. The van der Waals surface area contributed by atoms with Crippen molar-refractivity contribution in [2.45, 2.75) is 25.8 Å². The Labute approximate surface area is 157 Å². The minimum Gasteiger partial charge on any atom is -0.332 e. The van der Waals surface area contributed by atoms with Gasteiger partial charge in [-0.05, 0) is 49.1 Å². The van der Waals surface area contributed by atoms with E-state index >= 15 is 0 Å². The monoisotopic (exact) mass is 360 g/mol. The summed E-state index contributed by atoms with van der Waals surface area (Å²) in [6, 6.07) is 5.85. The molecule has 0 bridgehead atoms. The maximum Gasteiger partial charge on any atom is 0.255 e. The fourth-order valence-electron chi connectivity index (χ4n) is 3.41. The van der Waals surface area contributed by atoms with E-state index in [1.54, 1.807) is 37.2 Å². The molecule has 1 atom stereocenters. The molecule has 7 heteroatoms. The number of pyridine rings is 2. The molecule has 0 radical (unpaired) electrons. The average Bonchev–Trinajstić information content (AvgIpc) is 3.18. The van der Waals surface area contributed by atoms with Crippen LogP contribution in [0.2, 0.25) is 0 Å². The number of likely N-dealkylation sites (tertiary alicyclic amines) is 1. The Morgan fingerprint density at radius 3 is 2.78 bits per heavy atom. The number of aromatic nitrogens is 4. The summed E-state index contributed by atoms with van der Waals surface area (Å²) in [4.78, 5) is 31.7. The first-order chi connectivity index (χ1) is 13.2. The van der Waals surface area contributed by atoms with Gasteiger partial charge in [0.2, 0.25) is 0 Å². The molecule has 1 aliphatic heterocycles. The van der Waals surface area contributed by atoms with Crippen LogP contribution in [0.4, 0.5) is 11.6 Å². The molecule has 1 aliphatic rings. The van der Waals surface area contributed by atoms with Gasteiger partial charge in [-0.25, -0.2) is 9.97 Å². The van der Waals surface area contributed by atoms with E-state index in [1.165, 1.54) is 0 Å². The van der Waals surface area contributed by atoms with Crippen LogP contribution in [-0.2, 0) is 0 Å². The number of rotatable bonds is 4. The van der Waals surface area contributed by atoms with Gasteiger partial charge in [-0.15, -0.1) is 0 Å². The Balaban J connectivity index is 1.57. The molecular formula is C20H20N6O. The second-order valence-electron chi connectivity index (χ2n) is 6.60. The largest absolute Gasteiger partial charge is 0.332 e. The van der Waals surface area contributed by atoms with Gasteiger partial charge in [-0.2, -0.15) is 0 Å². The van der Waals surface area contributed by atoms with E-state index in [1.807, 2.05) is 30.0 Å². The predicted molar refractivity (Wildman–Crippen MR) is 102 cm³/mol. The molecule has 4 rings (SSSR count). The summed E-state index contributed by atoms with van der Waals surface area (Å²) in [7, 11) is 0. The molecule has 1 amide bonds. The number of nitrogens with one attached hydrogen (secondary N) is 1. The molecule has 1 unspecified atom stereocenters. The van der Waals surface area contributed by atoms with Crippen molar-refractivity contribution in [2.75, 3.05) is 11.9 Å². The highest BCUT2D eigenvalue weighted by Gasteiger charge is 2.31. The normalized spacial score (nSPS) is 16.3. The standard InChI is InChI=1S/C20H20N6O/c1-14-9-16(12-22-11-14)20(27)26-8-2-3-17(26)15-4-5-23-18(10-15)25-19-13-21-6-7-24-19/h4-7,9-13,17H,2-3,8H2,1H3,(H,23,24,25). The van der Waals surface area contributed by atoms with E-state index < -0.39 is 0 Å². The van der Waals surface area contributed by atoms with Crippen LogP contribution < -0.4 is 5.32 Å². The maximum absolute atomic E-state index is 13.0. The summed E-state index contributed by atoms with van der Waals surface area (Å²) >= 11 is 0. The van der Waals surface area contributed by atoms with Crippen LogP contribution in [-0.4, -0.2) is 37.3 Å². The third-order valence-corrected chi connectivity index (χ3v) is 4.62. The molecule has 3 aromatic rings. The Kier molecular flexibility index (Phi) is 4.74. The zero-order valence-electron chi connectivity index (χ0n) is 15.0. The number of hydrogen-bond acceptors (Lipinski definition) is 6. The van der Waals surface area contributed by atoms with E-state index in [-0.39, 0.29) is 11.9 Å². The summed E-state index contributed by atoms with van der Waals surface area (Å²) in [6.07, 6.45) is 11.9. The molecule has 7 nitrogen and oxygen atoms in total. The minimum absolute atomic E-state index is 0.0222. The zero-order chi connectivity index (χ0) is 18.6. The van der Waals surface area contributed by atoms with Gasteiger partial charge in [0.25, 0.3) is 5.91 Å². The number of aryl methyl sites for hydroxylation is 1. The summed E-state index contributed by atoms with van der Waals surface area (Å²) in [6.45, 7) is 2.69. The molecule has 0 aliphatic carbocycles. The van der Waals surface area contributed by atoms with E-state index in [0.717, 1.165) is 30.5 Å². The van der Waals surface area contributed by atoms with Crippen LogP contribution in [0, 0.1) is 6.92 Å². The molecule has 27 heavy (non-hydrogen) atoms. The van der Waals surface area contributed by atoms with Crippen molar-refractivity contribution in [3.8, 4) is 0 Å². The average molecular weight is 360 g/mol. The van der Waals surface area contributed by atoms with Crippen molar-refractivity contribution in [1.29, 1.82) is 0 Å². The summed E-state index contributed by atoms with van der Waals surface area (Å²) in [5.74, 6) is 1.34. The summed E-state index contributed by atoms with van der Waals surface area (Å²) < 4.78 is 0. The van der Waals surface area contributed by atoms with E-state index in [9.17, 15) is 4.79 Å². The van der Waals surface area contributed by atoms with Gasteiger partial charge in [-0.1, -0.05) is 0 Å². The molecular weight excluding hydrogens is 340 g/mol. The van der Waals surface area contributed by atoms with Crippen LogP contribution in [0.1, 0.15) is 40.4 Å². The number of carbonyl (C=O) groups is 1. The molecule has 1 N–H and O–H groups in total. The van der Waals surface area contributed by atoms with Crippen molar-refractivity contribution in [1.82, 2.24) is 24.8 Å². The molecule has 0 saturated carbocycles. The lowest BCUT2D eigenvalue weighted by molar-refractivity contribution is 0.0735. The van der Waals surface area contributed by atoms with E-state index in [2.05, 4.69) is 25.3 Å². The van der Waals surface area contributed by atoms with Gasteiger partial charge in [-0.3, -0.25) is 14.8 Å². The molecule has 136 valence electrons. The Morgan fingerprint density at radius 2 is 1.96 bits per heavy atom. The second-order valence-corrected chi connectivity index (χ2v) is 6.60. The van der Waals surface area contributed by atoms with Gasteiger partial charge in [0.15, 0.2) is 0 Å². The number of hydrogen-bond donors (Lipinski definition) is 1. The summed E-state index contributed by atoms with van der Waals surface area (Å²) in [5, 5.41) is 3.15. The maximum atomic E-state index is 13.0. The third kappa shape index (κ3) is 3.76. The highest BCUT2D eigenvalue weighted by atomic mass is 16.2. The first-order valence-corrected chi connectivity index (χ1v) is 8.92. The number of carbonyl (C=O) groups excluding carboxylic acids is 1. The predicted octanol–water partition coefficient (Wildman–Crippen LogP) is 3.30. The van der Waals surface area contributed by atoms with Crippen LogP contribution >= 0.6 is 0 Å². The number of nitrogens with zero attached hydrogens (tertiary/aromatic N) is 5. The zero-order valence-corrected chi connectivity index (χ0v) is 15.0. The van der Waals surface area contributed by atoms with E-state index in [4.69, 9.17) is 0 Å². The Morgan fingerprint density at radius 1 is 1.07 bits per heavy atom. The van der Waals surface area contributed by atoms with Crippen LogP contribution in [0.15, 0.2) is 55.4 Å². The van der Waals surface area contributed by atoms with Crippen molar-refractivity contribution < 1.29 is 4.79 Å². The molecule has 1 fully saturated rings. The first kappa shape index (κ1) is 17.1. The lowest BCUT2D eigenvalue weighted by Gasteiger charge is -2.25. The highest BCUT2D eigenvalue weighted by molar-refractivity contribution is 5.94. The third-order valence-electron chi connectivity index (χ3n) is 4.62. The fraction of sp³-hybridized carbons (Fsp3) is 0.250. The lowest BCUT2D eigenvalue weighted by Crippen LogP contribution is -2.30. The minimum atomic E-state index is 0.0222. The van der Waals surface area contributed by atoms with Gasteiger partial charge in [0, 0.05) is 37.5 Å². The van der Waals surface area contributed by atoms with Gasteiger partial charge in [0.1, 0.15) is 11.6 Å².